The SMILES string of the molecule is CCCN(CCN)c1ccccc1C(F)(F)F. The molecule has 0 saturated heterocycles. The zero-order valence-electron chi connectivity index (χ0n) is 9.80. The molecule has 1 aromatic carbocycles. The van der Waals surface area contributed by atoms with Crippen molar-refractivity contribution in [3.05, 3.63) is 29.8 Å². The zero-order chi connectivity index (χ0) is 12.9. The second-order valence-electron chi connectivity index (χ2n) is 3.79. The molecule has 0 aliphatic rings. The molecule has 0 atom stereocenters. The van der Waals surface area contributed by atoms with Crippen molar-refractivity contribution >= 4 is 5.69 Å². The van der Waals surface area contributed by atoms with Crippen molar-refractivity contribution in [2.24, 2.45) is 5.73 Å². The Morgan fingerprint density at radius 2 is 1.82 bits per heavy atom. The lowest BCUT2D eigenvalue weighted by Gasteiger charge is -2.26. The fourth-order valence-electron chi connectivity index (χ4n) is 1.77. The van der Waals surface area contributed by atoms with Crippen LogP contribution in [-0.2, 0) is 6.18 Å². The number of hydrogen-bond donors (Lipinski definition) is 1. The smallest absolute Gasteiger partial charge is 0.370 e. The van der Waals surface area contributed by atoms with Gasteiger partial charge < -0.3 is 10.6 Å². The average Bonchev–Trinajstić information content (AvgIpc) is 2.28. The molecule has 0 bridgehead atoms. The minimum Gasteiger partial charge on any atom is -0.370 e. The van der Waals surface area contributed by atoms with E-state index in [0.717, 1.165) is 12.5 Å². The third kappa shape index (κ3) is 3.63. The summed E-state index contributed by atoms with van der Waals surface area (Å²) in [4.78, 5) is 1.68. The van der Waals surface area contributed by atoms with Crippen LogP contribution >= 0.6 is 0 Å². The molecule has 17 heavy (non-hydrogen) atoms. The second kappa shape index (κ2) is 5.91. The number of alkyl halides is 3. The monoisotopic (exact) mass is 246 g/mol. The van der Waals surface area contributed by atoms with Gasteiger partial charge in [-0.15, -0.1) is 0 Å². The van der Waals surface area contributed by atoms with Gasteiger partial charge in [-0.25, -0.2) is 0 Å². The summed E-state index contributed by atoms with van der Waals surface area (Å²) in [6.45, 7) is 3.27. The van der Waals surface area contributed by atoms with E-state index in [1.54, 1.807) is 11.0 Å². The predicted octanol–water partition coefficient (Wildman–Crippen LogP) is 2.88. The Bertz CT molecular complexity index is 344. The van der Waals surface area contributed by atoms with E-state index >= 15 is 0 Å². The van der Waals surface area contributed by atoms with Gasteiger partial charge in [-0.05, 0) is 18.6 Å². The number of nitrogens with zero attached hydrogens (tertiary/aromatic N) is 1. The predicted molar refractivity (Wildman–Crippen MR) is 63.0 cm³/mol. The lowest BCUT2D eigenvalue weighted by Crippen LogP contribution is -2.31. The third-order valence-electron chi connectivity index (χ3n) is 2.44. The molecule has 2 N–H and O–H groups in total. The molecule has 5 heteroatoms. The summed E-state index contributed by atoms with van der Waals surface area (Å²) in [5, 5.41) is 0. The van der Waals surface area contributed by atoms with E-state index in [0.29, 0.717) is 19.6 Å². The summed E-state index contributed by atoms with van der Waals surface area (Å²) in [5.41, 5.74) is 5.05. The molecule has 0 saturated carbocycles. The number of rotatable bonds is 5. The molecule has 96 valence electrons. The van der Waals surface area contributed by atoms with Crippen LogP contribution in [0, 0.1) is 0 Å². The van der Waals surface area contributed by atoms with Crippen LogP contribution in [0.2, 0.25) is 0 Å². The maximum absolute atomic E-state index is 12.8. The quantitative estimate of drug-likeness (QED) is 0.865. The molecule has 0 aliphatic heterocycles. The molecule has 2 nitrogen and oxygen atoms in total. The highest BCUT2D eigenvalue weighted by atomic mass is 19.4. The molecular weight excluding hydrogens is 229 g/mol. The minimum absolute atomic E-state index is 0.215. The molecule has 0 radical (unpaired) electrons. The minimum atomic E-state index is -4.32. The second-order valence-corrected chi connectivity index (χ2v) is 3.79. The van der Waals surface area contributed by atoms with E-state index in [1.165, 1.54) is 12.1 Å². The molecular formula is C12H17F3N2. The van der Waals surface area contributed by atoms with Crippen molar-refractivity contribution in [3.8, 4) is 0 Å². The van der Waals surface area contributed by atoms with Crippen LogP contribution in [0.4, 0.5) is 18.9 Å². The Kier molecular flexibility index (Phi) is 4.81. The number of halogens is 3. The standard InChI is InChI=1S/C12H17F3N2/c1-2-8-17(9-7-16)11-6-4-3-5-10(11)12(13,14)15/h3-6H,2,7-9,16H2,1H3. The Labute approximate surface area is 99.2 Å². The van der Waals surface area contributed by atoms with Crippen LogP contribution in [0.1, 0.15) is 18.9 Å². The lowest BCUT2D eigenvalue weighted by molar-refractivity contribution is -0.137. The zero-order valence-corrected chi connectivity index (χ0v) is 9.80. The number of hydrogen-bond acceptors (Lipinski definition) is 2. The number of benzene rings is 1. The Balaban J connectivity index is 3.09. The highest BCUT2D eigenvalue weighted by Crippen LogP contribution is 2.36. The maximum atomic E-state index is 12.8. The first kappa shape index (κ1) is 13.8. The van der Waals surface area contributed by atoms with Crippen molar-refractivity contribution in [2.75, 3.05) is 24.5 Å². The van der Waals surface area contributed by atoms with Crippen molar-refractivity contribution in [1.82, 2.24) is 0 Å². The number of para-hydroxylation sites is 1. The summed E-state index contributed by atoms with van der Waals surface area (Å²) < 4.78 is 38.5. The van der Waals surface area contributed by atoms with Crippen molar-refractivity contribution in [2.45, 2.75) is 19.5 Å². The van der Waals surface area contributed by atoms with Gasteiger partial charge in [0.2, 0.25) is 0 Å². The molecule has 0 amide bonds. The van der Waals surface area contributed by atoms with E-state index in [1.807, 2.05) is 6.92 Å². The Hall–Kier alpha value is -1.23. The molecule has 1 rings (SSSR count). The summed E-state index contributed by atoms with van der Waals surface area (Å²) in [6, 6.07) is 5.62. The first-order valence-electron chi connectivity index (χ1n) is 5.62. The normalized spacial score (nSPS) is 11.6. The largest absolute Gasteiger partial charge is 0.418 e. The van der Waals surface area contributed by atoms with Crippen LogP contribution in [0.3, 0.4) is 0 Å². The van der Waals surface area contributed by atoms with Crippen LogP contribution < -0.4 is 10.6 Å². The van der Waals surface area contributed by atoms with Gasteiger partial charge >= 0.3 is 6.18 Å². The Morgan fingerprint density at radius 1 is 1.18 bits per heavy atom. The lowest BCUT2D eigenvalue weighted by atomic mass is 10.1. The van der Waals surface area contributed by atoms with Gasteiger partial charge in [0.05, 0.1) is 5.56 Å². The van der Waals surface area contributed by atoms with Crippen molar-refractivity contribution in [3.63, 3.8) is 0 Å². The van der Waals surface area contributed by atoms with E-state index in [2.05, 4.69) is 0 Å². The fraction of sp³-hybridized carbons (Fsp3) is 0.500. The highest BCUT2D eigenvalue weighted by molar-refractivity contribution is 5.55. The van der Waals surface area contributed by atoms with E-state index in [9.17, 15) is 13.2 Å². The Morgan fingerprint density at radius 3 is 2.35 bits per heavy atom. The van der Waals surface area contributed by atoms with Gasteiger partial charge in [-0.1, -0.05) is 19.1 Å². The molecule has 0 unspecified atom stereocenters. The number of anilines is 1. The molecule has 0 spiro atoms. The van der Waals surface area contributed by atoms with Gasteiger partial charge in [-0.2, -0.15) is 13.2 Å². The summed E-state index contributed by atoms with van der Waals surface area (Å²) in [6.07, 6.45) is -3.54. The molecule has 0 heterocycles. The molecule has 1 aromatic rings. The van der Waals surface area contributed by atoms with Gasteiger partial charge in [-0.3, -0.25) is 0 Å². The first-order chi connectivity index (χ1) is 8.00. The third-order valence-corrected chi connectivity index (χ3v) is 2.44. The number of nitrogens with two attached hydrogens (primary N) is 1. The van der Waals surface area contributed by atoms with E-state index in [-0.39, 0.29) is 5.69 Å². The molecule has 0 fully saturated rings. The summed E-state index contributed by atoms with van der Waals surface area (Å²) in [7, 11) is 0. The highest BCUT2D eigenvalue weighted by Gasteiger charge is 2.34. The first-order valence-corrected chi connectivity index (χ1v) is 5.62. The van der Waals surface area contributed by atoms with Crippen LogP contribution in [0.15, 0.2) is 24.3 Å². The van der Waals surface area contributed by atoms with Gasteiger partial charge in [0, 0.05) is 25.3 Å². The van der Waals surface area contributed by atoms with Crippen LogP contribution in [0.25, 0.3) is 0 Å². The van der Waals surface area contributed by atoms with Crippen molar-refractivity contribution in [1.29, 1.82) is 0 Å². The van der Waals surface area contributed by atoms with Crippen LogP contribution in [0.5, 0.6) is 0 Å². The van der Waals surface area contributed by atoms with Gasteiger partial charge in [0.15, 0.2) is 0 Å². The maximum Gasteiger partial charge on any atom is 0.418 e. The van der Waals surface area contributed by atoms with Crippen molar-refractivity contribution < 1.29 is 13.2 Å². The summed E-state index contributed by atoms with van der Waals surface area (Å²) in [5.74, 6) is 0. The summed E-state index contributed by atoms with van der Waals surface area (Å²) >= 11 is 0. The van der Waals surface area contributed by atoms with Crippen LogP contribution in [-0.4, -0.2) is 19.6 Å². The van der Waals surface area contributed by atoms with E-state index in [4.69, 9.17) is 5.73 Å². The van der Waals surface area contributed by atoms with E-state index < -0.39 is 11.7 Å². The fourth-order valence-corrected chi connectivity index (χ4v) is 1.77. The molecule has 0 aliphatic carbocycles. The molecule has 0 aromatic heterocycles. The topological polar surface area (TPSA) is 29.3 Å². The average molecular weight is 246 g/mol. The van der Waals surface area contributed by atoms with Gasteiger partial charge in [0.25, 0.3) is 0 Å². The van der Waals surface area contributed by atoms with Gasteiger partial charge in [0.1, 0.15) is 0 Å².